The number of aromatic hydroxyl groups is 1. The zero-order chi connectivity index (χ0) is 15.6. The number of carboxylic acids is 1. The van der Waals surface area contributed by atoms with E-state index < -0.39 is 28.8 Å². The molecule has 108 valence electrons. The van der Waals surface area contributed by atoms with Crippen LogP contribution in [-0.4, -0.2) is 22.1 Å². The van der Waals surface area contributed by atoms with E-state index in [0.717, 1.165) is 6.07 Å². The Bertz CT molecular complexity index is 777. The largest absolute Gasteiger partial charge is 0.507 e. The van der Waals surface area contributed by atoms with Crippen LogP contribution in [0.3, 0.4) is 0 Å². The second-order valence-corrected chi connectivity index (χ2v) is 4.24. The van der Waals surface area contributed by atoms with E-state index in [1.807, 2.05) is 0 Å². The molecule has 0 bridgehead atoms. The smallest absolute Gasteiger partial charge is 0.352 e. The zero-order valence-electron chi connectivity index (χ0n) is 10.9. The summed E-state index contributed by atoms with van der Waals surface area (Å²) in [5.74, 6) is -2.37. The predicted octanol–water partition coefficient (Wildman–Crippen LogP) is 1.60. The molecule has 1 aromatic carbocycles. The molecule has 7 nitrogen and oxygen atoms in total. The fourth-order valence-corrected chi connectivity index (χ4v) is 1.73. The van der Waals surface area contributed by atoms with Crippen LogP contribution in [0.5, 0.6) is 5.75 Å². The molecule has 1 aromatic heterocycles. The van der Waals surface area contributed by atoms with Gasteiger partial charge in [0.15, 0.2) is 5.56 Å². The topological polar surface area (TPSA) is 117 Å². The number of carbonyl (C=O) groups is 2. The summed E-state index contributed by atoms with van der Waals surface area (Å²) in [6, 6.07) is 6.63. The molecule has 0 spiro atoms. The van der Waals surface area contributed by atoms with E-state index in [9.17, 15) is 19.5 Å². The molecule has 0 saturated heterocycles. The van der Waals surface area contributed by atoms with Crippen LogP contribution in [0.1, 0.15) is 26.5 Å². The molecule has 1 amide bonds. The number of nitrogens with one attached hydrogen (secondary N) is 1. The van der Waals surface area contributed by atoms with Crippen LogP contribution >= 0.6 is 0 Å². The number of carbonyl (C=O) groups excluding carboxylic acids is 1. The average Bonchev–Trinajstić information content (AvgIpc) is 2.37. The monoisotopic (exact) mass is 289 g/mol. The van der Waals surface area contributed by atoms with Crippen LogP contribution in [0.25, 0.3) is 0 Å². The number of carboxylic acid groups (broad SMARTS) is 1. The molecule has 0 radical (unpaired) electrons. The van der Waals surface area contributed by atoms with Gasteiger partial charge in [-0.1, -0.05) is 6.07 Å². The van der Waals surface area contributed by atoms with Crippen LogP contribution in [-0.2, 0) is 0 Å². The van der Waals surface area contributed by atoms with E-state index in [0.29, 0.717) is 0 Å². The van der Waals surface area contributed by atoms with Crippen LogP contribution < -0.4 is 10.9 Å². The second kappa shape index (κ2) is 5.49. The van der Waals surface area contributed by atoms with Gasteiger partial charge in [-0.05, 0) is 25.1 Å². The first kappa shape index (κ1) is 14.3. The van der Waals surface area contributed by atoms with Crippen molar-refractivity contribution in [2.24, 2.45) is 0 Å². The van der Waals surface area contributed by atoms with Gasteiger partial charge in [-0.3, -0.25) is 4.79 Å². The first-order chi connectivity index (χ1) is 9.88. The molecule has 7 heteroatoms. The molecule has 2 aromatic rings. The lowest BCUT2D eigenvalue weighted by Gasteiger charge is -2.06. The van der Waals surface area contributed by atoms with Crippen LogP contribution in [0, 0.1) is 6.92 Å². The molecule has 0 saturated carbocycles. The van der Waals surface area contributed by atoms with Gasteiger partial charge in [0.25, 0.3) is 5.91 Å². The third kappa shape index (κ3) is 3.08. The van der Waals surface area contributed by atoms with Crippen LogP contribution in [0.2, 0.25) is 0 Å². The molecule has 0 unspecified atom stereocenters. The first-order valence-electron chi connectivity index (χ1n) is 5.87. The third-order valence-corrected chi connectivity index (χ3v) is 2.65. The molecule has 0 atom stereocenters. The Morgan fingerprint density at radius 2 is 1.95 bits per heavy atom. The number of aromatic carboxylic acids is 1. The molecule has 1 heterocycles. The number of amides is 1. The number of anilines is 1. The average molecular weight is 289 g/mol. The summed E-state index contributed by atoms with van der Waals surface area (Å²) in [4.78, 5) is 34.4. The first-order valence-corrected chi connectivity index (χ1v) is 5.87. The van der Waals surface area contributed by atoms with Gasteiger partial charge in [0.05, 0.1) is 5.56 Å². The van der Waals surface area contributed by atoms with Crippen molar-refractivity contribution in [1.82, 2.24) is 0 Å². The minimum atomic E-state index is -1.15. The summed E-state index contributed by atoms with van der Waals surface area (Å²) in [6.45, 7) is 1.46. The highest BCUT2D eigenvalue weighted by atomic mass is 16.4. The Balaban J connectivity index is 2.33. The summed E-state index contributed by atoms with van der Waals surface area (Å²) in [5, 5.41) is 20.8. The predicted molar refractivity (Wildman–Crippen MR) is 72.7 cm³/mol. The van der Waals surface area contributed by atoms with Gasteiger partial charge in [0.1, 0.15) is 11.5 Å². The second-order valence-electron chi connectivity index (χ2n) is 4.24. The van der Waals surface area contributed by atoms with Gasteiger partial charge >= 0.3 is 11.6 Å². The van der Waals surface area contributed by atoms with Crippen molar-refractivity contribution in [3.63, 3.8) is 0 Å². The van der Waals surface area contributed by atoms with E-state index in [1.54, 1.807) is 0 Å². The fraction of sp³-hybridized carbons (Fsp3) is 0.0714. The molecule has 0 aliphatic rings. The molecule has 2 rings (SSSR count). The lowest BCUT2D eigenvalue weighted by molar-refractivity contribution is 0.0696. The van der Waals surface area contributed by atoms with Crippen molar-refractivity contribution in [2.75, 3.05) is 5.32 Å². The van der Waals surface area contributed by atoms with Crippen molar-refractivity contribution < 1.29 is 24.2 Å². The Kier molecular flexibility index (Phi) is 3.75. The zero-order valence-corrected chi connectivity index (χ0v) is 10.9. The quantitative estimate of drug-likeness (QED) is 0.790. The number of benzene rings is 1. The van der Waals surface area contributed by atoms with Crippen molar-refractivity contribution >= 4 is 17.6 Å². The van der Waals surface area contributed by atoms with Gasteiger partial charge in [-0.15, -0.1) is 0 Å². The van der Waals surface area contributed by atoms with Gasteiger partial charge in [-0.25, -0.2) is 9.59 Å². The molecular weight excluding hydrogens is 278 g/mol. The molecular formula is C14H11NO6. The van der Waals surface area contributed by atoms with E-state index in [2.05, 4.69) is 5.32 Å². The molecule has 0 aliphatic carbocycles. The number of rotatable bonds is 3. The highest BCUT2D eigenvalue weighted by Crippen LogP contribution is 2.17. The summed E-state index contributed by atoms with van der Waals surface area (Å²) in [6.07, 6.45) is 0. The highest BCUT2D eigenvalue weighted by molar-refractivity contribution is 6.06. The number of aryl methyl sites for hydroxylation is 1. The maximum atomic E-state index is 12.0. The number of hydrogen-bond donors (Lipinski definition) is 3. The van der Waals surface area contributed by atoms with Crippen LogP contribution in [0.15, 0.2) is 39.5 Å². The van der Waals surface area contributed by atoms with Crippen molar-refractivity contribution in [1.29, 1.82) is 0 Å². The van der Waals surface area contributed by atoms with Gasteiger partial charge in [0.2, 0.25) is 0 Å². The normalized spacial score (nSPS) is 10.1. The maximum Gasteiger partial charge on any atom is 0.352 e. The maximum absolute atomic E-state index is 12.0. The van der Waals surface area contributed by atoms with E-state index in [-0.39, 0.29) is 17.0 Å². The van der Waals surface area contributed by atoms with E-state index >= 15 is 0 Å². The lowest BCUT2D eigenvalue weighted by Crippen LogP contribution is -2.21. The molecule has 0 aliphatic heterocycles. The van der Waals surface area contributed by atoms with Crippen molar-refractivity contribution in [2.45, 2.75) is 6.92 Å². The Morgan fingerprint density at radius 3 is 2.57 bits per heavy atom. The standard InChI is InChI=1S/C14H11NO6/c1-7-5-10(16)11(14(20)21-7)12(17)15-9-4-2-3-8(6-9)13(18)19/h2-6,16H,1H3,(H,15,17)(H,18,19). The fourth-order valence-electron chi connectivity index (χ4n) is 1.73. The summed E-state index contributed by atoms with van der Waals surface area (Å²) >= 11 is 0. The summed E-state index contributed by atoms with van der Waals surface area (Å²) in [7, 11) is 0. The number of hydrogen-bond acceptors (Lipinski definition) is 5. The third-order valence-electron chi connectivity index (χ3n) is 2.65. The van der Waals surface area contributed by atoms with Gasteiger partial charge in [0, 0.05) is 11.8 Å². The highest BCUT2D eigenvalue weighted by Gasteiger charge is 2.18. The van der Waals surface area contributed by atoms with E-state index in [4.69, 9.17) is 9.52 Å². The minimum absolute atomic E-state index is 0.0204. The minimum Gasteiger partial charge on any atom is -0.507 e. The Morgan fingerprint density at radius 1 is 1.24 bits per heavy atom. The SMILES string of the molecule is Cc1cc(O)c(C(=O)Nc2cccc(C(=O)O)c2)c(=O)o1. The van der Waals surface area contributed by atoms with Gasteiger partial charge in [-0.2, -0.15) is 0 Å². The Hall–Kier alpha value is -3.09. The molecule has 21 heavy (non-hydrogen) atoms. The summed E-state index contributed by atoms with van der Waals surface area (Å²) in [5.41, 5.74) is -1.35. The van der Waals surface area contributed by atoms with Gasteiger partial charge < -0.3 is 19.9 Å². The lowest BCUT2D eigenvalue weighted by atomic mass is 10.2. The van der Waals surface area contributed by atoms with Crippen LogP contribution in [0.4, 0.5) is 5.69 Å². The van der Waals surface area contributed by atoms with Crippen molar-refractivity contribution in [3.05, 3.63) is 57.6 Å². The summed E-state index contributed by atoms with van der Waals surface area (Å²) < 4.78 is 4.74. The Labute approximate surface area is 118 Å². The molecule has 0 fully saturated rings. The molecule has 3 N–H and O–H groups in total. The van der Waals surface area contributed by atoms with Crippen molar-refractivity contribution in [3.8, 4) is 5.75 Å². The van der Waals surface area contributed by atoms with E-state index in [1.165, 1.54) is 31.2 Å².